The number of fused-ring (bicyclic) bond motifs is 2. The van der Waals surface area contributed by atoms with Crippen molar-refractivity contribution in [1.29, 1.82) is 0 Å². The fourth-order valence-corrected chi connectivity index (χ4v) is 3.76. The summed E-state index contributed by atoms with van der Waals surface area (Å²) < 4.78 is 16.0. The highest BCUT2D eigenvalue weighted by Gasteiger charge is 2.17. The molecule has 0 spiro atoms. The number of carbonyl (C=O) groups is 2. The van der Waals surface area contributed by atoms with E-state index < -0.39 is 11.6 Å². The van der Waals surface area contributed by atoms with Gasteiger partial charge in [0.1, 0.15) is 11.2 Å². The van der Waals surface area contributed by atoms with E-state index in [1.165, 1.54) is 0 Å². The van der Waals surface area contributed by atoms with E-state index in [-0.39, 0.29) is 30.9 Å². The van der Waals surface area contributed by atoms with E-state index in [2.05, 4.69) is 5.32 Å². The number of hydrogen-bond donors (Lipinski definition) is 1. The van der Waals surface area contributed by atoms with E-state index in [4.69, 9.17) is 13.6 Å². The molecule has 0 aliphatic carbocycles. The molecule has 7 nitrogen and oxygen atoms in total. The van der Waals surface area contributed by atoms with Gasteiger partial charge in [-0.15, -0.1) is 0 Å². The first kappa shape index (κ1) is 21.4. The molecule has 4 aromatic rings. The van der Waals surface area contributed by atoms with Crippen LogP contribution in [0.2, 0.25) is 0 Å². The van der Waals surface area contributed by atoms with E-state index in [0.29, 0.717) is 22.4 Å². The van der Waals surface area contributed by atoms with Crippen molar-refractivity contribution in [3.05, 3.63) is 75.3 Å². The number of esters is 1. The van der Waals surface area contributed by atoms with Crippen LogP contribution in [0.3, 0.4) is 0 Å². The van der Waals surface area contributed by atoms with Gasteiger partial charge in [-0.05, 0) is 56.5 Å². The van der Waals surface area contributed by atoms with E-state index >= 15 is 0 Å². The second kappa shape index (κ2) is 8.70. The molecule has 0 atom stereocenters. The minimum Gasteiger partial charge on any atom is -0.464 e. The smallest absolute Gasteiger partial charge is 0.340 e. The lowest BCUT2D eigenvalue weighted by Gasteiger charge is -2.11. The lowest BCUT2D eigenvalue weighted by atomic mass is 10.0. The summed E-state index contributed by atoms with van der Waals surface area (Å²) in [7, 11) is 0. The molecule has 0 fully saturated rings. The number of hydrogen-bond acceptors (Lipinski definition) is 6. The van der Waals surface area contributed by atoms with Gasteiger partial charge in [-0.1, -0.05) is 12.1 Å². The van der Waals surface area contributed by atoms with Crippen LogP contribution < -0.4 is 10.9 Å². The van der Waals surface area contributed by atoms with Crippen molar-refractivity contribution < 1.29 is 23.2 Å². The minimum atomic E-state index is -0.504. The number of amides is 1. The van der Waals surface area contributed by atoms with Gasteiger partial charge >= 0.3 is 11.6 Å². The van der Waals surface area contributed by atoms with Gasteiger partial charge in [0.2, 0.25) is 5.91 Å². The number of anilines is 1. The first-order valence-electron chi connectivity index (χ1n) is 10.4. The van der Waals surface area contributed by atoms with Crippen LogP contribution in [0, 0.1) is 13.8 Å². The molecule has 0 unspecified atom stereocenters. The summed E-state index contributed by atoms with van der Waals surface area (Å²) in [6, 6.07) is 10.3. The Balaban J connectivity index is 1.56. The second-order valence-electron chi connectivity index (χ2n) is 7.57. The van der Waals surface area contributed by atoms with Crippen molar-refractivity contribution in [1.82, 2.24) is 0 Å². The molecule has 7 heteroatoms. The maximum Gasteiger partial charge on any atom is 0.340 e. The molecule has 0 saturated heterocycles. The van der Waals surface area contributed by atoms with Gasteiger partial charge in [-0.2, -0.15) is 0 Å². The Labute approximate surface area is 184 Å². The molecule has 4 rings (SSSR count). The van der Waals surface area contributed by atoms with Crippen molar-refractivity contribution in [2.75, 3.05) is 11.9 Å². The Morgan fingerprint density at radius 1 is 1.06 bits per heavy atom. The zero-order valence-corrected chi connectivity index (χ0v) is 18.1. The molecule has 2 heterocycles. The van der Waals surface area contributed by atoms with E-state index in [9.17, 15) is 14.4 Å². The summed E-state index contributed by atoms with van der Waals surface area (Å²) >= 11 is 0. The predicted molar refractivity (Wildman–Crippen MR) is 121 cm³/mol. The summed E-state index contributed by atoms with van der Waals surface area (Å²) in [5, 5.41) is 4.50. The first-order valence-corrected chi connectivity index (χ1v) is 10.4. The molecule has 2 aromatic heterocycles. The quantitative estimate of drug-likeness (QED) is 0.343. The number of carbonyl (C=O) groups excluding carboxylic acids is 2. The maximum atomic E-state index is 12.6. The molecule has 1 N–H and O–H groups in total. The SMILES string of the molecule is CCOC(=O)c1ccccc1NC(=O)CCc1c(C)c2cc3c(C)coc3cc2oc1=O. The highest BCUT2D eigenvalue weighted by molar-refractivity contribution is 6.01. The molecule has 0 aliphatic heterocycles. The van der Waals surface area contributed by atoms with E-state index in [1.807, 2.05) is 19.9 Å². The van der Waals surface area contributed by atoms with Gasteiger partial charge in [-0.3, -0.25) is 4.79 Å². The topological polar surface area (TPSA) is 98.8 Å². The second-order valence-corrected chi connectivity index (χ2v) is 7.57. The van der Waals surface area contributed by atoms with Gasteiger partial charge in [0, 0.05) is 28.8 Å². The lowest BCUT2D eigenvalue weighted by molar-refractivity contribution is -0.116. The number of rotatable bonds is 6. The van der Waals surface area contributed by atoms with Crippen molar-refractivity contribution in [3.63, 3.8) is 0 Å². The largest absolute Gasteiger partial charge is 0.464 e. The zero-order valence-electron chi connectivity index (χ0n) is 18.1. The summed E-state index contributed by atoms with van der Waals surface area (Å²) in [5.74, 6) is -0.822. The number of nitrogens with one attached hydrogen (secondary N) is 1. The molecule has 1 amide bonds. The number of furan rings is 1. The van der Waals surface area contributed by atoms with Crippen molar-refractivity contribution in [2.24, 2.45) is 0 Å². The average Bonchev–Trinajstić information content (AvgIpc) is 3.12. The Morgan fingerprint density at radius 2 is 1.84 bits per heavy atom. The maximum absolute atomic E-state index is 12.6. The number of benzene rings is 2. The molecule has 164 valence electrons. The monoisotopic (exact) mass is 433 g/mol. The molecule has 0 bridgehead atoms. The van der Waals surface area contributed by atoms with Crippen LogP contribution in [0.1, 0.15) is 40.4 Å². The fraction of sp³-hybridized carbons (Fsp3) is 0.240. The predicted octanol–water partition coefficient (Wildman–Crippen LogP) is 4.90. The molecular formula is C25H23NO6. The van der Waals surface area contributed by atoms with Crippen LogP contribution in [0.15, 0.2) is 56.3 Å². The average molecular weight is 433 g/mol. The van der Waals surface area contributed by atoms with Gasteiger partial charge in [-0.25, -0.2) is 9.59 Å². The van der Waals surface area contributed by atoms with Crippen LogP contribution in [-0.4, -0.2) is 18.5 Å². The Bertz CT molecular complexity index is 1400. The molecule has 2 aromatic carbocycles. The van der Waals surface area contributed by atoms with Gasteiger partial charge in [0.15, 0.2) is 0 Å². The molecule has 0 aliphatic rings. The molecule has 0 saturated carbocycles. The van der Waals surface area contributed by atoms with Gasteiger partial charge in [0.05, 0.1) is 24.1 Å². The van der Waals surface area contributed by atoms with E-state index in [1.54, 1.807) is 43.5 Å². The van der Waals surface area contributed by atoms with Crippen LogP contribution in [-0.2, 0) is 16.0 Å². The zero-order chi connectivity index (χ0) is 22.8. The summed E-state index contributed by atoms with van der Waals surface area (Å²) in [6.45, 7) is 5.76. The third kappa shape index (κ3) is 4.01. The number of para-hydroxylation sites is 1. The first-order chi connectivity index (χ1) is 15.4. The van der Waals surface area contributed by atoms with Crippen molar-refractivity contribution >= 4 is 39.5 Å². The number of ether oxygens (including phenoxy) is 1. The van der Waals surface area contributed by atoms with Gasteiger partial charge in [0.25, 0.3) is 0 Å². The summed E-state index contributed by atoms with van der Waals surface area (Å²) in [6.07, 6.45) is 1.93. The Hall–Kier alpha value is -3.87. The molecular weight excluding hydrogens is 410 g/mol. The van der Waals surface area contributed by atoms with Crippen LogP contribution in [0.5, 0.6) is 0 Å². The van der Waals surface area contributed by atoms with Crippen molar-refractivity contribution in [2.45, 2.75) is 33.6 Å². The minimum absolute atomic E-state index is 0.0568. The highest BCUT2D eigenvalue weighted by atomic mass is 16.5. The van der Waals surface area contributed by atoms with Crippen LogP contribution in [0.25, 0.3) is 21.9 Å². The lowest BCUT2D eigenvalue weighted by Crippen LogP contribution is -2.18. The molecule has 0 radical (unpaired) electrons. The van der Waals surface area contributed by atoms with Crippen LogP contribution in [0.4, 0.5) is 5.69 Å². The Kier molecular flexibility index (Phi) is 5.81. The summed E-state index contributed by atoms with van der Waals surface area (Å²) in [4.78, 5) is 37.3. The number of aryl methyl sites for hydroxylation is 2. The van der Waals surface area contributed by atoms with Gasteiger partial charge < -0.3 is 18.9 Å². The fourth-order valence-electron chi connectivity index (χ4n) is 3.76. The summed E-state index contributed by atoms with van der Waals surface area (Å²) in [5.41, 5.74) is 3.51. The highest BCUT2D eigenvalue weighted by Crippen LogP contribution is 2.29. The van der Waals surface area contributed by atoms with Crippen LogP contribution >= 0.6 is 0 Å². The Morgan fingerprint density at radius 3 is 2.62 bits per heavy atom. The third-order valence-corrected chi connectivity index (χ3v) is 5.47. The normalized spacial score (nSPS) is 11.1. The standard InChI is InChI=1S/C25H23NO6/c1-4-30-24(28)17-7-5-6-8-20(17)26-23(27)10-9-16-15(3)19-11-18-14(2)13-31-21(18)12-22(19)32-25(16)29/h5-8,11-13H,4,9-10H2,1-3H3,(H,26,27). The van der Waals surface area contributed by atoms with Crippen molar-refractivity contribution in [3.8, 4) is 0 Å². The third-order valence-electron chi connectivity index (χ3n) is 5.47. The molecule has 32 heavy (non-hydrogen) atoms. The van der Waals surface area contributed by atoms with E-state index in [0.717, 1.165) is 21.9 Å².